The van der Waals surface area contributed by atoms with Gasteiger partial charge in [-0.25, -0.2) is 8.42 Å². The number of anilines is 1. The number of benzene rings is 2. The second-order valence-corrected chi connectivity index (χ2v) is 7.90. The molecule has 7 heteroatoms. The van der Waals surface area contributed by atoms with E-state index in [1.54, 1.807) is 42.5 Å². The largest absolute Gasteiger partial charge is 0.486 e. The van der Waals surface area contributed by atoms with Crippen LogP contribution in [0.25, 0.3) is 0 Å². The van der Waals surface area contributed by atoms with E-state index in [2.05, 4.69) is 5.32 Å². The van der Waals surface area contributed by atoms with Gasteiger partial charge in [-0.1, -0.05) is 17.7 Å². The molecule has 1 aliphatic rings. The van der Waals surface area contributed by atoms with Crippen LogP contribution in [0, 0.1) is 6.92 Å². The Morgan fingerprint density at radius 2 is 1.72 bits per heavy atom. The summed E-state index contributed by atoms with van der Waals surface area (Å²) in [6, 6.07) is 11.7. The van der Waals surface area contributed by atoms with Crippen molar-refractivity contribution < 1.29 is 22.7 Å². The summed E-state index contributed by atoms with van der Waals surface area (Å²) in [6.07, 6.45) is -0.120. The molecule has 0 radical (unpaired) electrons. The van der Waals surface area contributed by atoms with Crippen molar-refractivity contribution in [3.05, 3.63) is 48.0 Å². The van der Waals surface area contributed by atoms with E-state index >= 15 is 0 Å². The average molecular weight is 361 g/mol. The molecule has 0 unspecified atom stereocenters. The van der Waals surface area contributed by atoms with E-state index in [9.17, 15) is 13.2 Å². The number of fused-ring (bicyclic) bond motifs is 1. The third kappa shape index (κ3) is 4.30. The Labute approximate surface area is 146 Å². The van der Waals surface area contributed by atoms with Crippen LogP contribution in [0.3, 0.4) is 0 Å². The number of amides is 1. The van der Waals surface area contributed by atoms with Crippen LogP contribution in [-0.4, -0.2) is 33.3 Å². The minimum atomic E-state index is -3.48. The van der Waals surface area contributed by atoms with Crippen LogP contribution in [0.2, 0.25) is 0 Å². The quantitative estimate of drug-likeness (QED) is 0.885. The van der Waals surface area contributed by atoms with E-state index < -0.39 is 9.84 Å². The van der Waals surface area contributed by atoms with Crippen molar-refractivity contribution in [1.29, 1.82) is 0 Å². The fourth-order valence-electron chi connectivity index (χ4n) is 2.44. The molecule has 6 nitrogen and oxygen atoms in total. The van der Waals surface area contributed by atoms with Crippen molar-refractivity contribution in [2.45, 2.75) is 18.2 Å². The fourth-order valence-corrected chi connectivity index (χ4v) is 3.68. The number of sulfone groups is 1. The number of ether oxygens (including phenoxy) is 2. The lowest BCUT2D eigenvalue weighted by Crippen LogP contribution is -2.18. The number of carbonyl (C=O) groups is 1. The number of rotatable bonds is 5. The summed E-state index contributed by atoms with van der Waals surface area (Å²) in [5, 5.41) is 2.69. The van der Waals surface area contributed by atoms with Gasteiger partial charge in [-0.2, -0.15) is 0 Å². The van der Waals surface area contributed by atoms with E-state index in [-0.39, 0.29) is 23.0 Å². The number of carbonyl (C=O) groups excluding carboxylic acids is 1. The second-order valence-electron chi connectivity index (χ2n) is 5.79. The molecule has 0 spiro atoms. The molecule has 1 heterocycles. The number of hydrogen-bond acceptors (Lipinski definition) is 5. The summed E-state index contributed by atoms with van der Waals surface area (Å²) in [4.78, 5) is 12.3. The lowest BCUT2D eigenvalue weighted by molar-refractivity contribution is -0.115. The first kappa shape index (κ1) is 17.3. The summed E-state index contributed by atoms with van der Waals surface area (Å²) in [7, 11) is -3.48. The molecule has 3 rings (SSSR count). The van der Waals surface area contributed by atoms with Gasteiger partial charge >= 0.3 is 0 Å². The van der Waals surface area contributed by atoms with Crippen LogP contribution in [0.1, 0.15) is 12.0 Å². The number of hydrogen-bond donors (Lipinski definition) is 1. The molecular weight excluding hydrogens is 342 g/mol. The Kier molecular flexibility index (Phi) is 4.94. The van der Waals surface area contributed by atoms with Gasteiger partial charge in [0.1, 0.15) is 13.2 Å². The van der Waals surface area contributed by atoms with Gasteiger partial charge in [-0.3, -0.25) is 4.79 Å². The highest BCUT2D eigenvalue weighted by Crippen LogP contribution is 2.32. The van der Waals surface area contributed by atoms with Gasteiger partial charge in [0.2, 0.25) is 5.91 Å². The lowest BCUT2D eigenvalue weighted by Gasteiger charge is -2.19. The van der Waals surface area contributed by atoms with E-state index in [0.29, 0.717) is 30.4 Å². The van der Waals surface area contributed by atoms with Gasteiger partial charge < -0.3 is 14.8 Å². The van der Waals surface area contributed by atoms with Crippen LogP contribution < -0.4 is 14.8 Å². The Morgan fingerprint density at radius 3 is 2.44 bits per heavy atom. The maximum atomic E-state index is 12.3. The first-order valence-corrected chi connectivity index (χ1v) is 9.58. The minimum absolute atomic E-state index is 0.120. The molecule has 0 atom stereocenters. The first-order valence-electron chi connectivity index (χ1n) is 7.93. The van der Waals surface area contributed by atoms with Gasteiger partial charge in [0.25, 0.3) is 0 Å². The molecule has 0 bridgehead atoms. The van der Waals surface area contributed by atoms with Crippen LogP contribution in [0.5, 0.6) is 11.5 Å². The van der Waals surface area contributed by atoms with Crippen LogP contribution in [0.15, 0.2) is 47.4 Å². The Balaban J connectivity index is 1.60. The summed E-state index contributed by atoms with van der Waals surface area (Å²) in [5.41, 5.74) is 1.53. The van der Waals surface area contributed by atoms with Crippen molar-refractivity contribution in [2.75, 3.05) is 24.3 Å². The molecular formula is C18H19NO5S. The Morgan fingerprint density at radius 1 is 1.04 bits per heavy atom. The van der Waals surface area contributed by atoms with E-state index in [1.807, 2.05) is 6.92 Å². The normalized spacial score (nSPS) is 13.3. The molecule has 0 saturated heterocycles. The smallest absolute Gasteiger partial charge is 0.225 e. The highest BCUT2D eigenvalue weighted by Gasteiger charge is 2.17. The van der Waals surface area contributed by atoms with Crippen LogP contribution in [0.4, 0.5) is 5.69 Å². The Hall–Kier alpha value is -2.54. The highest BCUT2D eigenvalue weighted by molar-refractivity contribution is 7.91. The predicted octanol–water partition coefficient (Wildman–Crippen LogP) is 2.57. The lowest BCUT2D eigenvalue weighted by atomic mass is 10.2. The summed E-state index contributed by atoms with van der Waals surface area (Å²) < 4.78 is 35.4. The summed E-state index contributed by atoms with van der Waals surface area (Å²) in [6.45, 7) is 2.84. The van der Waals surface area contributed by atoms with Gasteiger partial charge in [0.15, 0.2) is 21.3 Å². The molecule has 132 valence electrons. The maximum absolute atomic E-state index is 12.3. The third-order valence-electron chi connectivity index (χ3n) is 3.80. The molecule has 1 aliphatic heterocycles. The van der Waals surface area contributed by atoms with Crippen molar-refractivity contribution in [3.63, 3.8) is 0 Å². The SMILES string of the molecule is Cc1ccc(S(=O)(=O)CCC(=O)Nc2ccc3c(c2)OCCO3)cc1. The highest BCUT2D eigenvalue weighted by atomic mass is 32.2. The molecule has 25 heavy (non-hydrogen) atoms. The summed E-state index contributed by atoms with van der Waals surface area (Å²) in [5.74, 6) is 0.585. The third-order valence-corrected chi connectivity index (χ3v) is 5.54. The molecule has 1 N–H and O–H groups in total. The van der Waals surface area contributed by atoms with Crippen molar-refractivity contribution in [3.8, 4) is 11.5 Å². The van der Waals surface area contributed by atoms with Gasteiger partial charge in [-0.05, 0) is 31.2 Å². The zero-order valence-electron chi connectivity index (χ0n) is 13.8. The number of aryl methyl sites for hydroxylation is 1. The minimum Gasteiger partial charge on any atom is -0.486 e. The van der Waals surface area contributed by atoms with Crippen molar-refractivity contribution in [2.24, 2.45) is 0 Å². The van der Waals surface area contributed by atoms with E-state index in [4.69, 9.17) is 9.47 Å². The van der Waals surface area contributed by atoms with Gasteiger partial charge in [-0.15, -0.1) is 0 Å². The fraction of sp³-hybridized carbons (Fsp3) is 0.278. The molecule has 2 aromatic rings. The standard InChI is InChI=1S/C18H19NO5S/c1-13-2-5-15(6-3-13)25(21,22)11-8-18(20)19-14-4-7-16-17(12-14)24-10-9-23-16/h2-7,12H,8-11H2,1H3,(H,19,20). The zero-order valence-corrected chi connectivity index (χ0v) is 14.6. The van der Waals surface area contributed by atoms with E-state index in [1.165, 1.54) is 0 Å². The molecule has 2 aromatic carbocycles. The van der Waals surface area contributed by atoms with E-state index in [0.717, 1.165) is 5.56 Å². The average Bonchev–Trinajstić information content (AvgIpc) is 2.60. The second kappa shape index (κ2) is 7.14. The predicted molar refractivity (Wildman–Crippen MR) is 93.9 cm³/mol. The van der Waals surface area contributed by atoms with Gasteiger partial charge in [0.05, 0.1) is 10.6 Å². The topological polar surface area (TPSA) is 81.7 Å². The van der Waals surface area contributed by atoms with Gasteiger partial charge in [0, 0.05) is 18.2 Å². The van der Waals surface area contributed by atoms with Crippen molar-refractivity contribution in [1.82, 2.24) is 0 Å². The molecule has 1 amide bonds. The molecule has 0 fully saturated rings. The van der Waals surface area contributed by atoms with Crippen molar-refractivity contribution >= 4 is 21.4 Å². The molecule has 0 saturated carbocycles. The molecule has 0 aromatic heterocycles. The summed E-state index contributed by atoms with van der Waals surface area (Å²) >= 11 is 0. The maximum Gasteiger partial charge on any atom is 0.225 e. The number of nitrogens with one attached hydrogen (secondary N) is 1. The van der Waals surface area contributed by atoms with Crippen LogP contribution >= 0.6 is 0 Å². The van der Waals surface area contributed by atoms with Crippen LogP contribution in [-0.2, 0) is 14.6 Å². The molecule has 0 aliphatic carbocycles. The Bertz CT molecular complexity index is 875. The monoisotopic (exact) mass is 361 g/mol. The zero-order chi connectivity index (χ0) is 17.9. The first-order chi connectivity index (χ1) is 11.9.